The highest BCUT2D eigenvalue weighted by Gasteiger charge is 2.42. The second-order valence-electron chi connectivity index (χ2n) is 5.03. The van der Waals surface area contributed by atoms with E-state index in [9.17, 15) is 19.1 Å². The minimum atomic E-state index is -0.947. The van der Waals surface area contributed by atoms with E-state index >= 15 is 0 Å². The van der Waals surface area contributed by atoms with Gasteiger partial charge in [0.2, 0.25) is 5.91 Å². The molecular formula is C14H16FNO3. The maximum Gasteiger partial charge on any atom is 0.310 e. The fourth-order valence-corrected chi connectivity index (χ4v) is 2.60. The largest absolute Gasteiger partial charge is 0.481 e. The van der Waals surface area contributed by atoms with E-state index in [1.165, 1.54) is 18.2 Å². The number of anilines is 1. The van der Waals surface area contributed by atoms with Crippen LogP contribution in [0.2, 0.25) is 0 Å². The predicted molar refractivity (Wildman–Crippen MR) is 68.2 cm³/mol. The molecule has 1 aliphatic carbocycles. The van der Waals surface area contributed by atoms with Crippen molar-refractivity contribution in [3.63, 3.8) is 0 Å². The molecule has 4 nitrogen and oxygen atoms in total. The fourth-order valence-electron chi connectivity index (χ4n) is 2.60. The summed E-state index contributed by atoms with van der Waals surface area (Å²) in [6, 6.07) is 5.56. The minimum absolute atomic E-state index is 0.0567. The molecule has 1 aromatic rings. The Kier molecular flexibility index (Phi) is 3.83. The summed E-state index contributed by atoms with van der Waals surface area (Å²) in [5.41, 5.74) is -0.597. The van der Waals surface area contributed by atoms with Crippen molar-refractivity contribution < 1.29 is 19.1 Å². The van der Waals surface area contributed by atoms with Gasteiger partial charge in [0.05, 0.1) is 5.41 Å². The Morgan fingerprint density at radius 3 is 2.58 bits per heavy atom. The van der Waals surface area contributed by atoms with Crippen molar-refractivity contribution in [2.75, 3.05) is 5.32 Å². The van der Waals surface area contributed by atoms with Crippen LogP contribution < -0.4 is 5.32 Å². The van der Waals surface area contributed by atoms with E-state index < -0.39 is 17.2 Å². The first-order valence-corrected chi connectivity index (χ1v) is 6.31. The standard InChI is InChI=1S/C14H16FNO3/c15-10-4-3-5-11(8-10)16-12(17)9-14(13(18)19)6-1-2-7-14/h3-5,8H,1-2,6-7,9H2,(H,16,17)(H,18,19). The Morgan fingerprint density at radius 2 is 2.00 bits per heavy atom. The second-order valence-corrected chi connectivity index (χ2v) is 5.03. The lowest BCUT2D eigenvalue weighted by Gasteiger charge is -2.22. The lowest BCUT2D eigenvalue weighted by atomic mass is 9.82. The molecular weight excluding hydrogens is 249 g/mol. The number of nitrogens with one attached hydrogen (secondary N) is 1. The van der Waals surface area contributed by atoms with Crippen LogP contribution in [0.15, 0.2) is 24.3 Å². The van der Waals surface area contributed by atoms with Crippen molar-refractivity contribution in [2.24, 2.45) is 5.41 Å². The molecule has 0 heterocycles. The summed E-state index contributed by atoms with van der Waals surface area (Å²) < 4.78 is 13.0. The van der Waals surface area contributed by atoms with Gasteiger partial charge in [-0.15, -0.1) is 0 Å². The average Bonchev–Trinajstić information content (AvgIpc) is 2.78. The molecule has 5 heteroatoms. The molecule has 0 aliphatic heterocycles. The number of hydrogen-bond donors (Lipinski definition) is 2. The normalized spacial score (nSPS) is 17.1. The van der Waals surface area contributed by atoms with E-state index in [1.807, 2.05) is 0 Å². The maximum atomic E-state index is 13.0. The Morgan fingerprint density at radius 1 is 1.32 bits per heavy atom. The van der Waals surface area contributed by atoms with Crippen LogP contribution in [0.4, 0.5) is 10.1 Å². The average molecular weight is 265 g/mol. The fraction of sp³-hybridized carbons (Fsp3) is 0.429. The lowest BCUT2D eigenvalue weighted by molar-refractivity contribution is -0.150. The highest BCUT2D eigenvalue weighted by molar-refractivity contribution is 5.94. The zero-order valence-corrected chi connectivity index (χ0v) is 10.5. The molecule has 0 bridgehead atoms. The SMILES string of the molecule is O=C(CC1(C(=O)O)CCCC1)Nc1cccc(F)c1. The molecule has 0 spiro atoms. The highest BCUT2D eigenvalue weighted by atomic mass is 19.1. The molecule has 1 aliphatic rings. The maximum absolute atomic E-state index is 13.0. The number of benzene rings is 1. The highest BCUT2D eigenvalue weighted by Crippen LogP contribution is 2.41. The van der Waals surface area contributed by atoms with E-state index in [-0.39, 0.29) is 12.3 Å². The quantitative estimate of drug-likeness (QED) is 0.879. The van der Waals surface area contributed by atoms with Crippen LogP contribution in [0.3, 0.4) is 0 Å². The van der Waals surface area contributed by atoms with Crippen molar-refractivity contribution in [1.82, 2.24) is 0 Å². The molecule has 2 N–H and O–H groups in total. The van der Waals surface area contributed by atoms with Crippen LogP contribution in [0.1, 0.15) is 32.1 Å². The summed E-state index contributed by atoms with van der Waals surface area (Å²) in [4.78, 5) is 23.2. The van der Waals surface area contributed by atoms with Gasteiger partial charge in [-0.3, -0.25) is 9.59 Å². The van der Waals surface area contributed by atoms with E-state index in [4.69, 9.17) is 0 Å². The van der Waals surface area contributed by atoms with E-state index in [0.717, 1.165) is 12.8 Å². The zero-order valence-electron chi connectivity index (χ0n) is 10.5. The summed E-state index contributed by atoms with van der Waals surface area (Å²) in [5, 5.41) is 11.8. The molecule has 2 rings (SSSR count). The van der Waals surface area contributed by atoms with Crippen molar-refractivity contribution in [3.8, 4) is 0 Å². The van der Waals surface area contributed by atoms with Gasteiger partial charge < -0.3 is 10.4 Å². The molecule has 19 heavy (non-hydrogen) atoms. The van der Waals surface area contributed by atoms with Crippen LogP contribution in [0, 0.1) is 11.2 Å². The number of carbonyl (C=O) groups is 2. The minimum Gasteiger partial charge on any atom is -0.481 e. The van der Waals surface area contributed by atoms with Gasteiger partial charge in [-0.2, -0.15) is 0 Å². The third kappa shape index (κ3) is 3.10. The Hall–Kier alpha value is -1.91. The summed E-state index contributed by atoms with van der Waals surface area (Å²) in [6.45, 7) is 0. The van der Waals surface area contributed by atoms with Gasteiger partial charge in [-0.05, 0) is 31.0 Å². The third-order valence-electron chi connectivity index (χ3n) is 3.62. The molecule has 102 valence electrons. The molecule has 0 unspecified atom stereocenters. The van der Waals surface area contributed by atoms with Crippen molar-refractivity contribution in [3.05, 3.63) is 30.1 Å². The molecule has 1 amide bonds. The van der Waals surface area contributed by atoms with E-state index in [1.54, 1.807) is 6.07 Å². The van der Waals surface area contributed by atoms with Crippen LogP contribution in [-0.4, -0.2) is 17.0 Å². The number of aliphatic carboxylic acids is 1. The van der Waals surface area contributed by atoms with E-state index in [0.29, 0.717) is 18.5 Å². The first-order chi connectivity index (χ1) is 9.02. The predicted octanol–water partition coefficient (Wildman–Crippen LogP) is 2.80. The van der Waals surface area contributed by atoms with Crippen LogP contribution in [-0.2, 0) is 9.59 Å². The number of hydrogen-bond acceptors (Lipinski definition) is 2. The van der Waals surface area contributed by atoms with Gasteiger partial charge in [-0.1, -0.05) is 18.9 Å². The Bertz CT molecular complexity index is 495. The lowest BCUT2D eigenvalue weighted by Crippen LogP contribution is -2.32. The number of carbonyl (C=O) groups excluding carboxylic acids is 1. The van der Waals surface area contributed by atoms with Crippen LogP contribution in [0.5, 0.6) is 0 Å². The summed E-state index contributed by atoms with van der Waals surface area (Å²) in [7, 11) is 0. The summed E-state index contributed by atoms with van der Waals surface area (Å²) in [5.74, 6) is -1.74. The first-order valence-electron chi connectivity index (χ1n) is 6.31. The van der Waals surface area contributed by atoms with Gasteiger partial charge >= 0.3 is 5.97 Å². The summed E-state index contributed by atoms with van der Waals surface area (Å²) >= 11 is 0. The molecule has 1 aromatic carbocycles. The molecule has 1 saturated carbocycles. The van der Waals surface area contributed by atoms with Crippen molar-refractivity contribution in [2.45, 2.75) is 32.1 Å². The molecule has 0 atom stereocenters. The van der Waals surface area contributed by atoms with Gasteiger partial charge in [0.15, 0.2) is 0 Å². The number of carboxylic acids is 1. The molecule has 0 aromatic heterocycles. The van der Waals surface area contributed by atoms with Gasteiger partial charge in [0.1, 0.15) is 5.82 Å². The smallest absolute Gasteiger partial charge is 0.310 e. The zero-order chi connectivity index (χ0) is 13.9. The Labute approximate surface area is 110 Å². The molecule has 1 fully saturated rings. The van der Waals surface area contributed by atoms with Crippen molar-refractivity contribution in [1.29, 1.82) is 0 Å². The molecule has 0 saturated heterocycles. The number of carboxylic acid groups (broad SMARTS) is 1. The first kappa shape index (κ1) is 13.5. The van der Waals surface area contributed by atoms with Crippen molar-refractivity contribution >= 4 is 17.6 Å². The van der Waals surface area contributed by atoms with Crippen LogP contribution in [0.25, 0.3) is 0 Å². The van der Waals surface area contributed by atoms with E-state index in [2.05, 4.69) is 5.32 Å². The second kappa shape index (κ2) is 5.38. The van der Waals surface area contributed by atoms with Crippen LogP contribution >= 0.6 is 0 Å². The Balaban J connectivity index is 2.02. The number of halogens is 1. The summed E-state index contributed by atoms with van der Waals surface area (Å²) in [6.07, 6.45) is 2.66. The number of rotatable bonds is 4. The van der Waals surface area contributed by atoms with Gasteiger partial charge in [0, 0.05) is 12.1 Å². The molecule has 0 radical (unpaired) electrons. The monoisotopic (exact) mass is 265 g/mol. The van der Waals surface area contributed by atoms with Gasteiger partial charge in [0.25, 0.3) is 0 Å². The van der Waals surface area contributed by atoms with Gasteiger partial charge in [-0.25, -0.2) is 4.39 Å². The third-order valence-corrected chi connectivity index (χ3v) is 3.62. The number of amides is 1. The topological polar surface area (TPSA) is 66.4 Å².